The smallest absolute Gasteiger partial charge is 0.259 e. The highest BCUT2D eigenvalue weighted by molar-refractivity contribution is 6.11. The Labute approximate surface area is 203 Å². The van der Waals surface area contributed by atoms with Crippen LogP contribution in [-0.2, 0) is 6.61 Å². The normalized spacial score (nSPS) is 14.2. The Morgan fingerprint density at radius 3 is 2.63 bits per heavy atom. The number of hydrogen-bond donors (Lipinski definition) is 4. The molecular formula is C26H28N6O3. The number of ether oxygens (including phenoxy) is 1. The van der Waals surface area contributed by atoms with E-state index in [1.54, 1.807) is 12.1 Å². The van der Waals surface area contributed by atoms with Crippen LogP contribution in [0.2, 0.25) is 0 Å². The molecule has 0 bridgehead atoms. The number of piperazine rings is 1. The van der Waals surface area contributed by atoms with E-state index in [0.717, 1.165) is 48.3 Å². The lowest BCUT2D eigenvalue weighted by atomic mass is 10.1. The van der Waals surface area contributed by atoms with E-state index >= 15 is 0 Å². The zero-order valence-electron chi connectivity index (χ0n) is 19.5. The van der Waals surface area contributed by atoms with Gasteiger partial charge in [-0.05, 0) is 49.0 Å². The van der Waals surface area contributed by atoms with Crippen molar-refractivity contribution < 1.29 is 14.7 Å². The Hall–Kier alpha value is -4.08. The molecule has 1 aliphatic rings. The lowest BCUT2D eigenvalue weighted by Crippen LogP contribution is -2.44. The number of aromatic amines is 1. The fourth-order valence-corrected chi connectivity index (χ4v) is 4.18. The van der Waals surface area contributed by atoms with Crippen molar-refractivity contribution in [3.05, 3.63) is 77.9 Å². The minimum Gasteiger partial charge on any atom is -0.489 e. The number of likely N-dealkylation sites (N-methyl/N-ethyl adjacent to an activating group) is 1. The summed E-state index contributed by atoms with van der Waals surface area (Å²) in [6.45, 7) is 4.15. The van der Waals surface area contributed by atoms with Crippen LogP contribution in [0, 0.1) is 0 Å². The number of nitrogens with one attached hydrogen (secondary N) is 3. The van der Waals surface area contributed by atoms with Crippen LogP contribution in [0.3, 0.4) is 0 Å². The fourth-order valence-electron chi connectivity index (χ4n) is 4.18. The highest BCUT2D eigenvalue weighted by atomic mass is 16.5. The van der Waals surface area contributed by atoms with Crippen LogP contribution in [0.5, 0.6) is 5.75 Å². The number of nitrogens with zero attached hydrogens (tertiary/aromatic N) is 3. The summed E-state index contributed by atoms with van der Waals surface area (Å²) in [5, 5.41) is 20.5. The predicted molar refractivity (Wildman–Crippen MR) is 136 cm³/mol. The molecule has 2 heterocycles. The maximum atomic E-state index is 13.1. The molecule has 180 valence electrons. The van der Waals surface area contributed by atoms with Crippen molar-refractivity contribution in [2.75, 3.05) is 48.9 Å². The first-order chi connectivity index (χ1) is 17.1. The zero-order chi connectivity index (χ0) is 24.2. The molecule has 0 unspecified atom stereocenters. The van der Waals surface area contributed by atoms with E-state index in [-0.39, 0.29) is 5.91 Å². The van der Waals surface area contributed by atoms with E-state index in [9.17, 15) is 10.0 Å². The third kappa shape index (κ3) is 5.06. The molecule has 3 aromatic carbocycles. The predicted octanol–water partition coefficient (Wildman–Crippen LogP) is 3.95. The molecule has 1 aromatic heterocycles. The number of carbonyl (C=O) groups excluding carboxylic acids is 1. The molecule has 1 aliphatic heterocycles. The van der Waals surface area contributed by atoms with E-state index in [4.69, 9.17) is 4.74 Å². The van der Waals surface area contributed by atoms with Crippen molar-refractivity contribution in [3.8, 4) is 5.75 Å². The Balaban J connectivity index is 1.32. The van der Waals surface area contributed by atoms with E-state index in [0.29, 0.717) is 29.4 Å². The van der Waals surface area contributed by atoms with Gasteiger partial charge in [0.1, 0.15) is 12.4 Å². The zero-order valence-corrected chi connectivity index (χ0v) is 19.5. The van der Waals surface area contributed by atoms with Crippen molar-refractivity contribution in [1.82, 2.24) is 15.1 Å². The SMILES string of the molecule is CN1CCN(c2ccc(C(=O)Nc3n[nH]c4ccc(OCc5ccccc5)cc34)c(NO)c2)CC1. The second kappa shape index (κ2) is 10.0. The van der Waals surface area contributed by atoms with Gasteiger partial charge in [0.2, 0.25) is 0 Å². The van der Waals surface area contributed by atoms with E-state index in [1.165, 1.54) is 0 Å². The van der Waals surface area contributed by atoms with Gasteiger partial charge in [-0.15, -0.1) is 0 Å². The fraction of sp³-hybridized carbons (Fsp3) is 0.231. The van der Waals surface area contributed by atoms with Crippen molar-refractivity contribution in [3.63, 3.8) is 0 Å². The van der Waals surface area contributed by atoms with Gasteiger partial charge in [-0.2, -0.15) is 5.10 Å². The minimum atomic E-state index is -0.379. The van der Waals surface area contributed by atoms with Crippen molar-refractivity contribution >= 4 is 34.0 Å². The highest BCUT2D eigenvalue weighted by Crippen LogP contribution is 2.28. The average molecular weight is 473 g/mol. The van der Waals surface area contributed by atoms with Gasteiger partial charge in [-0.25, -0.2) is 0 Å². The van der Waals surface area contributed by atoms with Crippen LogP contribution in [0.1, 0.15) is 15.9 Å². The van der Waals surface area contributed by atoms with Gasteiger partial charge in [0, 0.05) is 37.3 Å². The summed E-state index contributed by atoms with van der Waals surface area (Å²) < 4.78 is 5.92. The molecule has 1 fully saturated rings. The Morgan fingerprint density at radius 2 is 1.86 bits per heavy atom. The summed E-state index contributed by atoms with van der Waals surface area (Å²) in [7, 11) is 2.10. The molecule has 5 rings (SSSR count). The van der Waals surface area contributed by atoms with Crippen LogP contribution >= 0.6 is 0 Å². The monoisotopic (exact) mass is 472 g/mol. The average Bonchev–Trinajstić information content (AvgIpc) is 3.30. The second-order valence-electron chi connectivity index (χ2n) is 8.64. The van der Waals surface area contributed by atoms with Crippen LogP contribution in [0.25, 0.3) is 10.9 Å². The summed E-state index contributed by atoms with van der Waals surface area (Å²) in [5.41, 5.74) is 5.63. The first kappa shape index (κ1) is 22.7. The van der Waals surface area contributed by atoms with Gasteiger partial charge >= 0.3 is 0 Å². The molecular weight excluding hydrogens is 444 g/mol. The maximum Gasteiger partial charge on any atom is 0.259 e. The largest absolute Gasteiger partial charge is 0.489 e. The summed E-state index contributed by atoms with van der Waals surface area (Å²) in [6, 6.07) is 20.9. The number of rotatable bonds is 7. The summed E-state index contributed by atoms with van der Waals surface area (Å²) in [4.78, 5) is 17.6. The third-order valence-electron chi connectivity index (χ3n) is 6.25. The molecule has 0 spiro atoms. The third-order valence-corrected chi connectivity index (χ3v) is 6.25. The maximum absolute atomic E-state index is 13.1. The number of fused-ring (bicyclic) bond motifs is 1. The van der Waals surface area contributed by atoms with Gasteiger partial charge in [-0.1, -0.05) is 30.3 Å². The van der Waals surface area contributed by atoms with Crippen molar-refractivity contribution in [2.24, 2.45) is 0 Å². The lowest BCUT2D eigenvalue weighted by Gasteiger charge is -2.34. The topological polar surface area (TPSA) is 106 Å². The summed E-state index contributed by atoms with van der Waals surface area (Å²) in [6.07, 6.45) is 0. The van der Waals surface area contributed by atoms with Crippen LogP contribution in [-0.4, -0.2) is 59.4 Å². The molecule has 1 amide bonds. The van der Waals surface area contributed by atoms with Crippen molar-refractivity contribution in [2.45, 2.75) is 6.61 Å². The standard InChI is InChI=1S/C26H28N6O3/c1-31-11-13-32(14-12-31)19-7-9-21(24(15-19)30-34)26(33)27-25-22-16-20(8-10-23(22)28-29-25)35-17-18-5-3-2-4-6-18/h2-10,15-16,30,34H,11-14,17H2,1H3,(H2,27,28,29,33). The van der Waals surface area contributed by atoms with E-state index < -0.39 is 0 Å². The first-order valence-electron chi connectivity index (χ1n) is 11.5. The molecule has 0 saturated carbocycles. The molecule has 35 heavy (non-hydrogen) atoms. The highest BCUT2D eigenvalue weighted by Gasteiger charge is 2.19. The van der Waals surface area contributed by atoms with Gasteiger partial charge in [0.05, 0.1) is 16.8 Å². The molecule has 4 N–H and O–H groups in total. The molecule has 0 radical (unpaired) electrons. The number of benzene rings is 3. The van der Waals surface area contributed by atoms with Gasteiger partial charge in [0.15, 0.2) is 5.82 Å². The van der Waals surface area contributed by atoms with Gasteiger partial charge < -0.3 is 19.9 Å². The molecule has 4 aromatic rings. The number of hydrogen-bond acceptors (Lipinski definition) is 7. The molecule has 1 saturated heterocycles. The second-order valence-corrected chi connectivity index (χ2v) is 8.64. The minimum absolute atomic E-state index is 0.318. The Morgan fingerprint density at radius 1 is 1.06 bits per heavy atom. The number of amides is 1. The van der Waals surface area contributed by atoms with Crippen LogP contribution in [0.15, 0.2) is 66.7 Å². The molecule has 9 nitrogen and oxygen atoms in total. The lowest BCUT2D eigenvalue weighted by molar-refractivity contribution is 0.102. The van der Waals surface area contributed by atoms with E-state index in [1.807, 2.05) is 54.6 Å². The van der Waals surface area contributed by atoms with Gasteiger partial charge in [0.25, 0.3) is 5.91 Å². The molecule has 0 atom stereocenters. The Bertz CT molecular complexity index is 1320. The number of carbonyl (C=O) groups is 1. The number of anilines is 3. The summed E-state index contributed by atoms with van der Waals surface area (Å²) >= 11 is 0. The van der Waals surface area contributed by atoms with Gasteiger partial charge in [-0.3, -0.25) is 20.6 Å². The Kier molecular flexibility index (Phi) is 6.51. The first-order valence-corrected chi connectivity index (χ1v) is 11.5. The molecule has 9 heteroatoms. The van der Waals surface area contributed by atoms with Crippen molar-refractivity contribution in [1.29, 1.82) is 0 Å². The molecule has 0 aliphatic carbocycles. The quantitative estimate of drug-likeness (QED) is 0.302. The van der Waals surface area contributed by atoms with E-state index in [2.05, 4.69) is 37.8 Å². The van der Waals surface area contributed by atoms with Crippen LogP contribution in [0.4, 0.5) is 17.2 Å². The summed E-state index contributed by atoms with van der Waals surface area (Å²) in [5.74, 6) is 0.685. The number of aromatic nitrogens is 2. The van der Waals surface area contributed by atoms with Crippen LogP contribution < -0.4 is 20.4 Å². The number of H-pyrrole nitrogens is 1.